The Hall–Kier alpha value is -1.43. The first-order chi connectivity index (χ1) is 6.85. The minimum absolute atomic E-state index is 0.0440. The zero-order valence-corrected chi connectivity index (χ0v) is 9.15. The second kappa shape index (κ2) is 3.98. The molecule has 0 amide bonds. The SMILES string of the molecule is CC(C)S(=O)(=O)c1ccc(C(=O)O)nc1. The third-order valence-corrected chi connectivity index (χ3v) is 4.04. The lowest BCUT2D eigenvalue weighted by Crippen LogP contribution is -2.14. The van der Waals surface area contributed by atoms with Crippen LogP contribution >= 0.6 is 0 Å². The number of hydrogen-bond acceptors (Lipinski definition) is 4. The number of hydrogen-bond donors (Lipinski definition) is 1. The van der Waals surface area contributed by atoms with Gasteiger partial charge in [0.15, 0.2) is 9.84 Å². The van der Waals surface area contributed by atoms with Crippen LogP contribution < -0.4 is 0 Å². The summed E-state index contributed by atoms with van der Waals surface area (Å²) in [5.41, 5.74) is -0.169. The van der Waals surface area contributed by atoms with Gasteiger partial charge in [0, 0.05) is 6.20 Å². The molecule has 0 unspecified atom stereocenters. The molecule has 0 bridgehead atoms. The van der Waals surface area contributed by atoms with Crippen molar-refractivity contribution in [1.82, 2.24) is 4.98 Å². The summed E-state index contributed by atoms with van der Waals surface area (Å²) in [6.45, 7) is 3.11. The van der Waals surface area contributed by atoms with Gasteiger partial charge in [0.05, 0.1) is 10.1 Å². The molecule has 6 heteroatoms. The summed E-state index contributed by atoms with van der Waals surface area (Å²) in [5.74, 6) is -1.18. The molecule has 5 nitrogen and oxygen atoms in total. The van der Waals surface area contributed by atoms with E-state index in [0.29, 0.717) is 0 Å². The highest BCUT2D eigenvalue weighted by Crippen LogP contribution is 2.14. The maximum absolute atomic E-state index is 11.6. The highest BCUT2D eigenvalue weighted by molar-refractivity contribution is 7.92. The standard InChI is InChI=1S/C9H11NO4S/c1-6(2)15(13,14)7-3-4-8(9(11)12)10-5-7/h3-6H,1-2H3,(H,11,12). The van der Waals surface area contributed by atoms with Crippen molar-refractivity contribution in [1.29, 1.82) is 0 Å². The van der Waals surface area contributed by atoms with Crippen LogP contribution in [0.2, 0.25) is 0 Å². The van der Waals surface area contributed by atoms with Gasteiger partial charge < -0.3 is 5.11 Å². The monoisotopic (exact) mass is 229 g/mol. The fraction of sp³-hybridized carbons (Fsp3) is 0.333. The Balaban J connectivity index is 3.15. The van der Waals surface area contributed by atoms with Crippen LogP contribution in [0, 0.1) is 0 Å². The van der Waals surface area contributed by atoms with Crippen molar-refractivity contribution >= 4 is 15.8 Å². The van der Waals surface area contributed by atoms with Gasteiger partial charge >= 0.3 is 5.97 Å². The van der Waals surface area contributed by atoms with Gasteiger partial charge in [-0.2, -0.15) is 0 Å². The normalized spacial score (nSPS) is 11.7. The Labute approximate surface area is 87.7 Å². The highest BCUT2D eigenvalue weighted by atomic mass is 32.2. The molecule has 1 heterocycles. The Kier molecular flexibility index (Phi) is 3.09. The van der Waals surface area contributed by atoms with Crippen LogP contribution in [0.5, 0.6) is 0 Å². The Morgan fingerprint density at radius 1 is 1.40 bits per heavy atom. The molecule has 15 heavy (non-hydrogen) atoms. The summed E-state index contributed by atoms with van der Waals surface area (Å²) in [5, 5.41) is 8.03. The Morgan fingerprint density at radius 3 is 2.33 bits per heavy atom. The van der Waals surface area contributed by atoms with E-state index in [1.807, 2.05) is 0 Å². The molecule has 0 aliphatic heterocycles. The summed E-state index contributed by atoms with van der Waals surface area (Å²) in [6, 6.07) is 2.43. The number of aromatic nitrogens is 1. The summed E-state index contributed by atoms with van der Waals surface area (Å²) >= 11 is 0. The zero-order valence-electron chi connectivity index (χ0n) is 8.34. The molecule has 0 saturated carbocycles. The molecule has 1 aromatic heterocycles. The van der Waals surface area contributed by atoms with Gasteiger partial charge in [-0.05, 0) is 26.0 Å². The Bertz CT molecular complexity index is 461. The van der Waals surface area contributed by atoms with Crippen LogP contribution in [-0.2, 0) is 9.84 Å². The van der Waals surface area contributed by atoms with E-state index in [2.05, 4.69) is 4.98 Å². The number of sulfone groups is 1. The van der Waals surface area contributed by atoms with Gasteiger partial charge in [-0.3, -0.25) is 0 Å². The van der Waals surface area contributed by atoms with Crippen molar-refractivity contribution in [2.45, 2.75) is 24.0 Å². The summed E-state index contributed by atoms with van der Waals surface area (Å²) in [7, 11) is -3.37. The number of carboxylic acids is 1. The molecule has 0 aliphatic carbocycles. The maximum Gasteiger partial charge on any atom is 0.354 e. The molecule has 0 atom stereocenters. The lowest BCUT2D eigenvalue weighted by molar-refractivity contribution is 0.0690. The van der Waals surface area contributed by atoms with E-state index in [-0.39, 0.29) is 10.6 Å². The second-order valence-electron chi connectivity index (χ2n) is 3.28. The predicted molar refractivity (Wildman–Crippen MR) is 53.5 cm³/mol. The minimum atomic E-state index is -3.37. The van der Waals surface area contributed by atoms with Crippen LogP contribution in [0.15, 0.2) is 23.2 Å². The van der Waals surface area contributed by atoms with E-state index in [9.17, 15) is 13.2 Å². The van der Waals surface area contributed by atoms with Gasteiger partial charge in [-0.15, -0.1) is 0 Å². The van der Waals surface area contributed by atoms with E-state index >= 15 is 0 Å². The molecule has 82 valence electrons. The van der Waals surface area contributed by atoms with E-state index in [0.717, 1.165) is 6.20 Å². The molecule has 0 fully saturated rings. The van der Waals surface area contributed by atoms with E-state index in [1.165, 1.54) is 12.1 Å². The number of aromatic carboxylic acids is 1. The number of pyridine rings is 1. The first kappa shape index (κ1) is 11.6. The van der Waals surface area contributed by atoms with Crippen molar-refractivity contribution in [2.24, 2.45) is 0 Å². The average Bonchev–Trinajstić information content (AvgIpc) is 2.17. The van der Waals surface area contributed by atoms with Crippen LogP contribution in [-0.4, -0.2) is 29.7 Å². The number of rotatable bonds is 3. The largest absolute Gasteiger partial charge is 0.477 e. The smallest absolute Gasteiger partial charge is 0.354 e. The van der Waals surface area contributed by atoms with E-state index in [4.69, 9.17) is 5.11 Å². The van der Waals surface area contributed by atoms with Gasteiger partial charge in [0.2, 0.25) is 0 Å². The van der Waals surface area contributed by atoms with Crippen molar-refractivity contribution in [2.75, 3.05) is 0 Å². The molecule has 0 aliphatic rings. The highest BCUT2D eigenvalue weighted by Gasteiger charge is 2.19. The molecule has 1 aromatic rings. The third-order valence-electron chi connectivity index (χ3n) is 1.90. The predicted octanol–water partition coefficient (Wildman–Crippen LogP) is 0.962. The first-order valence-corrected chi connectivity index (χ1v) is 5.83. The zero-order chi connectivity index (χ0) is 11.6. The third kappa shape index (κ3) is 2.33. The van der Waals surface area contributed by atoms with Crippen molar-refractivity contribution < 1.29 is 18.3 Å². The minimum Gasteiger partial charge on any atom is -0.477 e. The van der Waals surface area contributed by atoms with Gasteiger partial charge in [0.25, 0.3) is 0 Å². The van der Waals surface area contributed by atoms with E-state index in [1.54, 1.807) is 13.8 Å². The van der Waals surface area contributed by atoms with Crippen molar-refractivity contribution in [3.8, 4) is 0 Å². The summed E-state index contributed by atoms with van der Waals surface area (Å²) in [4.78, 5) is 14.1. The average molecular weight is 229 g/mol. The molecule has 0 radical (unpaired) electrons. The molecule has 1 N–H and O–H groups in total. The second-order valence-corrected chi connectivity index (χ2v) is 5.78. The van der Waals surface area contributed by atoms with Gasteiger partial charge in [-0.1, -0.05) is 0 Å². The Morgan fingerprint density at radius 2 is 2.00 bits per heavy atom. The molecule has 1 rings (SSSR count). The van der Waals surface area contributed by atoms with Crippen LogP contribution in [0.3, 0.4) is 0 Å². The fourth-order valence-corrected chi connectivity index (χ4v) is 1.95. The molecule has 0 aromatic carbocycles. The van der Waals surface area contributed by atoms with Crippen molar-refractivity contribution in [3.63, 3.8) is 0 Å². The molecular formula is C9H11NO4S. The number of carboxylic acid groups (broad SMARTS) is 1. The topological polar surface area (TPSA) is 84.3 Å². The van der Waals surface area contributed by atoms with Crippen molar-refractivity contribution in [3.05, 3.63) is 24.0 Å². The number of carbonyl (C=O) groups is 1. The molecule has 0 saturated heterocycles. The molecule has 0 spiro atoms. The quantitative estimate of drug-likeness (QED) is 0.834. The first-order valence-electron chi connectivity index (χ1n) is 4.29. The van der Waals surface area contributed by atoms with Gasteiger partial charge in [0.1, 0.15) is 5.69 Å². The lowest BCUT2D eigenvalue weighted by atomic mass is 10.4. The maximum atomic E-state index is 11.6. The summed E-state index contributed by atoms with van der Waals surface area (Å²) < 4.78 is 23.3. The van der Waals surface area contributed by atoms with Crippen LogP contribution in [0.25, 0.3) is 0 Å². The lowest BCUT2D eigenvalue weighted by Gasteiger charge is -2.06. The molecular weight excluding hydrogens is 218 g/mol. The number of nitrogens with zero attached hydrogens (tertiary/aromatic N) is 1. The van der Waals surface area contributed by atoms with Gasteiger partial charge in [-0.25, -0.2) is 18.2 Å². The van der Waals surface area contributed by atoms with E-state index < -0.39 is 21.1 Å². The summed E-state index contributed by atoms with van der Waals surface area (Å²) in [6.07, 6.45) is 1.07. The van der Waals surface area contributed by atoms with Crippen LogP contribution in [0.4, 0.5) is 0 Å². The van der Waals surface area contributed by atoms with Crippen LogP contribution in [0.1, 0.15) is 24.3 Å². The fourth-order valence-electron chi connectivity index (χ4n) is 0.947.